The summed E-state index contributed by atoms with van der Waals surface area (Å²) >= 11 is 0. The summed E-state index contributed by atoms with van der Waals surface area (Å²) in [4.78, 5) is 25.1. The highest BCUT2D eigenvalue weighted by molar-refractivity contribution is 5.78. The third kappa shape index (κ3) is 4.36. The molecule has 1 amide bonds. The van der Waals surface area contributed by atoms with Gasteiger partial charge in [0.1, 0.15) is 6.20 Å². The maximum absolute atomic E-state index is 11.5. The molecule has 0 radical (unpaired) electrons. The highest BCUT2D eigenvalue weighted by Crippen LogP contribution is 2.22. The fourth-order valence-corrected chi connectivity index (χ4v) is 1.23. The number of pyridine rings is 1. The molecule has 0 atom stereocenters. The van der Waals surface area contributed by atoms with Crippen LogP contribution >= 0.6 is 0 Å². The Morgan fingerprint density at radius 2 is 2.22 bits per heavy atom. The third-order valence-corrected chi connectivity index (χ3v) is 1.80. The van der Waals surface area contributed by atoms with Crippen molar-refractivity contribution in [3.8, 4) is 5.75 Å². The number of hydrogen-bond acceptors (Lipinski definition) is 5. The summed E-state index contributed by atoms with van der Waals surface area (Å²) in [6.45, 7) is 5.20. The number of amides is 1. The van der Waals surface area contributed by atoms with Gasteiger partial charge in [-0.05, 0) is 42.8 Å². The van der Waals surface area contributed by atoms with Crippen LogP contribution in [0.15, 0.2) is 18.3 Å². The number of rotatable bonds is 4. The van der Waals surface area contributed by atoms with Gasteiger partial charge in [0.25, 0.3) is 5.91 Å². The Kier molecular flexibility index (Phi) is 4.19. The van der Waals surface area contributed by atoms with Gasteiger partial charge in [-0.25, -0.2) is 0 Å². The molecule has 1 N–H and O–H groups in total. The zero-order chi connectivity index (χ0) is 13.8. The molecular weight excluding hydrogens is 238 g/mol. The van der Waals surface area contributed by atoms with E-state index in [1.807, 2.05) is 20.8 Å². The van der Waals surface area contributed by atoms with Gasteiger partial charge in [-0.3, -0.25) is 4.79 Å². The first-order chi connectivity index (χ1) is 8.29. The fourth-order valence-electron chi connectivity index (χ4n) is 1.23. The van der Waals surface area contributed by atoms with Gasteiger partial charge in [0.2, 0.25) is 5.75 Å². The molecule has 18 heavy (non-hydrogen) atoms. The molecule has 0 aliphatic heterocycles. The number of ether oxygens (including phenoxy) is 1. The highest BCUT2D eigenvalue weighted by Gasteiger charge is 2.18. The summed E-state index contributed by atoms with van der Waals surface area (Å²) in [7, 11) is 0. The molecule has 0 fully saturated rings. The monoisotopic (exact) mass is 253 g/mol. The Morgan fingerprint density at radius 3 is 2.78 bits per heavy atom. The molecular formula is C11H15N3O4. The van der Waals surface area contributed by atoms with E-state index in [4.69, 9.17) is 4.74 Å². The average molecular weight is 253 g/mol. The molecule has 1 heterocycles. The van der Waals surface area contributed by atoms with Crippen molar-refractivity contribution in [3.63, 3.8) is 0 Å². The van der Waals surface area contributed by atoms with Gasteiger partial charge in [-0.1, -0.05) is 0 Å². The minimum Gasteiger partial charge on any atom is -0.476 e. The molecule has 1 aromatic heterocycles. The molecule has 0 bridgehead atoms. The predicted octanol–water partition coefficient (Wildman–Crippen LogP) is 1.28. The second kappa shape index (κ2) is 5.44. The van der Waals surface area contributed by atoms with E-state index < -0.39 is 10.7 Å². The standard InChI is InChI=1S/C11H15N3O4/c1-11(2,3)13-9(15)7-18-8-5-4-6-12-10(8)14(16)17/h4-6H,7H2,1-3H3,(H,13,15). The first-order valence-electron chi connectivity index (χ1n) is 5.33. The molecule has 1 rings (SSSR count). The molecule has 7 heteroatoms. The lowest BCUT2D eigenvalue weighted by molar-refractivity contribution is -0.390. The zero-order valence-electron chi connectivity index (χ0n) is 10.5. The van der Waals surface area contributed by atoms with E-state index >= 15 is 0 Å². The van der Waals surface area contributed by atoms with E-state index in [-0.39, 0.29) is 23.8 Å². The van der Waals surface area contributed by atoms with Crippen LogP contribution in [0.3, 0.4) is 0 Å². The lowest BCUT2D eigenvalue weighted by Gasteiger charge is -2.20. The van der Waals surface area contributed by atoms with Crippen molar-refractivity contribution in [2.45, 2.75) is 26.3 Å². The van der Waals surface area contributed by atoms with E-state index in [0.29, 0.717) is 0 Å². The van der Waals surface area contributed by atoms with Crippen molar-refractivity contribution in [2.24, 2.45) is 0 Å². The molecule has 0 saturated carbocycles. The number of carbonyl (C=O) groups excluding carboxylic acids is 1. The normalized spacial score (nSPS) is 10.8. The van der Waals surface area contributed by atoms with E-state index in [1.54, 1.807) is 0 Å². The first kappa shape index (κ1) is 13.9. The maximum atomic E-state index is 11.5. The molecule has 0 saturated heterocycles. The number of aromatic nitrogens is 1. The molecule has 7 nitrogen and oxygen atoms in total. The largest absolute Gasteiger partial charge is 0.476 e. The average Bonchev–Trinajstić information content (AvgIpc) is 2.24. The summed E-state index contributed by atoms with van der Waals surface area (Å²) in [5.41, 5.74) is -0.374. The highest BCUT2D eigenvalue weighted by atomic mass is 16.6. The van der Waals surface area contributed by atoms with Gasteiger partial charge in [0, 0.05) is 5.54 Å². The van der Waals surface area contributed by atoms with Gasteiger partial charge >= 0.3 is 5.82 Å². The van der Waals surface area contributed by atoms with Gasteiger partial charge in [0.05, 0.1) is 0 Å². The number of hydrogen-bond donors (Lipinski definition) is 1. The van der Waals surface area contributed by atoms with Crippen LogP contribution in [0.4, 0.5) is 5.82 Å². The van der Waals surface area contributed by atoms with Crippen molar-refractivity contribution < 1.29 is 14.5 Å². The molecule has 0 aliphatic carbocycles. The van der Waals surface area contributed by atoms with Crippen LogP contribution in [0.1, 0.15) is 20.8 Å². The molecule has 0 aliphatic rings. The van der Waals surface area contributed by atoms with Crippen LogP contribution in [0.5, 0.6) is 5.75 Å². The molecule has 0 aromatic carbocycles. The van der Waals surface area contributed by atoms with Crippen molar-refractivity contribution in [3.05, 3.63) is 28.4 Å². The second-order valence-corrected chi connectivity index (χ2v) is 4.67. The summed E-state index contributed by atoms with van der Waals surface area (Å²) in [6.07, 6.45) is 1.29. The summed E-state index contributed by atoms with van der Waals surface area (Å²) in [5, 5.41) is 13.3. The topological polar surface area (TPSA) is 94.4 Å². The van der Waals surface area contributed by atoms with Crippen molar-refractivity contribution in [2.75, 3.05) is 6.61 Å². The van der Waals surface area contributed by atoms with Crippen molar-refractivity contribution in [1.82, 2.24) is 10.3 Å². The third-order valence-electron chi connectivity index (χ3n) is 1.80. The number of nitrogens with zero attached hydrogens (tertiary/aromatic N) is 2. The van der Waals surface area contributed by atoms with Crippen molar-refractivity contribution in [1.29, 1.82) is 0 Å². The smallest absolute Gasteiger partial charge is 0.406 e. The Morgan fingerprint density at radius 1 is 1.56 bits per heavy atom. The van der Waals surface area contributed by atoms with Gasteiger partial charge < -0.3 is 20.2 Å². The molecule has 98 valence electrons. The van der Waals surface area contributed by atoms with Crippen LogP contribution in [0, 0.1) is 10.1 Å². The summed E-state index contributed by atoms with van der Waals surface area (Å²) < 4.78 is 5.09. The van der Waals surface area contributed by atoms with Gasteiger partial charge in [-0.15, -0.1) is 0 Å². The van der Waals surface area contributed by atoms with Crippen LogP contribution in [-0.2, 0) is 4.79 Å². The van der Waals surface area contributed by atoms with Crippen LogP contribution in [0.25, 0.3) is 0 Å². The van der Waals surface area contributed by atoms with Gasteiger partial charge in [0.15, 0.2) is 6.61 Å². The predicted molar refractivity (Wildman–Crippen MR) is 64.3 cm³/mol. The van der Waals surface area contributed by atoms with E-state index in [1.165, 1.54) is 18.3 Å². The first-order valence-corrected chi connectivity index (χ1v) is 5.33. The summed E-state index contributed by atoms with van der Waals surface area (Å²) in [6, 6.07) is 2.90. The Balaban J connectivity index is 2.64. The van der Waals surface area contributed by atoms with E-state index in [9.17, 15) is 14.9 Å². The maximum Gasteiger partial charge on any atom is 0.406 e. The van der Waals surface area contributed by atoms with Crippen molar-refractivity contribution >= 4 is 11.7 Å². The Hall–Kier alpha value is -2.18. The number of carbonyl (C=O) groups is 1. The van der Waals surface area contributed by atoms with Gasteiger partial charge in [-0.2, -0.15) is 0 Å². The minimum absolute atomic E-state index is 0.0217. The van der Waals surface area contributed by atoms with E-state index in [0.717, 1.165) is 0 Å². The number of nitro groups is 1. The Labute approximate surface area is 104 Å². The molecule has 0 spiro atoms. The Bertz CT molecular complexity index is 454. The fraction of sp³-hybridized carbons (Fsp3) is 0.455. The van der Waals surface area contributed by atoms with Crippen LogP contribution in [-0.4, -0.2) is 28.0 Å². The van der Waals surface area contributed by atoms with Crippen LogP contribution < -0.4 is 10.1 Å². The van der Waals surface area contributed by atoms with E-state index in [2.05, 4.69) is 10.3 Å². The minimum atomic E-state index is -0.656. The number of nitrogens with one attached hydrogen (secondary N) is 1. The SMILES string of the molecule is CC(C)(C)NC(=O)COc1cccnc1[N+](=O)[O-]. The lowest BCUT2D eigenvalue weighted by Crippen LogP contribution is -2.43. The molecule has 0 unspecified atom stereocenters. The van der Waals surface area contributed by atoms with Crippen LogP contribution in [0.2, 0.25) is 0 Å². The lowest BCUT2D eigenvalue weighted by atomic mass is 10.1. The summed E-state index contributed by atoms with van der Waals surface area (Å²) in [5.74, 6) is -0.770. The molecule has 1 aromatic rings. The quantitative estimate of drug-likeness (QED) is 0.644. The second-order valence-electron chi connectivity index (χ2n) is 4.67. The zero-order valence-corrected chi connectivity index (χ0v) is 10.5.